The number of benzene rings is 3. The molecule has 0 spiro atoms. The van der Waals surface area contributed by atoms with Crippen molar-refractivity contribution in [2.45, 2.75) is 31.8 Å². The van der Waals surface area contributed by atoms with Crippen molar-refractivity contribution >= 4 is 11.1 Å². The number of methoxy groups -OCH3 is 1. The molecule has 4 nitrogen and oxygen atoms in total. The number of rotatable bonds is 8. The van der Waals surface area contributed by atoms with Gasteiger partial charge in [0.25, 0.3) is 0 Å². The normalized spacial score (nSPS) is 16.9. The summed E-state index contributed by atoms with van der Waals surface area (Å²) < 4.78 is 11.4. The number of hydrogen-bond acceptors (Lipinski definition) is 4. The minimum atomic E-state index is -0.721. The predicted octanol–water partition coefficient (Wildman–Crippen LogP) is 5.76. The fourth-order valence-electron chi connectivity index (χ4n) is 5.19. The van der Waals surface area contributed by atoms with Crippen molar-refractivity contribution < 1.29 is 14.6 Å². The van der Waals surface area contributed by atoms with Crippen molar-refractivity contribution in [1.29, 1.82) is 0 Å². The van der Waals surface area contributed by atoms with E-state index in [-0.39, 0.29) is 0 Å². The third kappa shape index (κ3) is 4.89. The van der Waals surface area contributed by atoms with Crippen LogP contribution in [0.4, 0.5) is 0 Å². The van der Waals surface area contributed by atoms with Gasteiger partial charge in [-0.3, -0.25) is 4.90 Å². The average molecular weight is 456 g/mol. The van der Waals surface area contributed by atoms with Crippen LogP contribution < -0.4 is 9.47 Å². The van der Waals surface area contributed by atoms with Crippen molar-refractivity contribution in [3.63, 3.8) is 0 Å². The van der Waals surface area contributed by atoms with Gasteiger partial charge in [-0.1, -0.05) is 48.5 Å². The van der Waals surface area contributed by atoms with Gasteiger partial charge in [-0.15, -0.1) is 0 Å². The fourth-order valence-corrected chi connectivity index (χ4v) is 5.19. The lowest BCUT2D eigenvalue weighted by Crippen LogP contribution is -2.25. The van der Waals surface area contributed by atoms with Crippen LogP contribution in [0, 0.1) is 0 Å². The zero-order valence-corrected chi connectivity index (χ0v) is 19.9. The molecule has 0 aromatic heterocycles. The van der Waals surface area contributed by atoms with Gasteiger partial charge in [-0.2, -0.15) is 0 Å². The van der Waals surface area contributed by atoms with E-state index in [0.29, 0.717) is 6.61 Å². The average Bonchev–Trinajstić information content (AvgIpc) is 3.42. The van der Waals surface area contributed by atoms with E-state index in [1.54, 1.807) is 7.11 Å². The number of aliphatic hydroxyl groups is 1. The summed E-state index contributed by atoms with van der Waals surface area (Å²) >= 11 is 0. The van der Waals surface area contributed by atoms with Gasteiger partial charge in [0.1, 0.15) is 24.2 Å². The molecule has 4 heteroatoms. The highest BCUT2D eigenvalue weighted by molar-refractivity contribution is 5.95. The lowest BCUT2D eigenvalue weighted by atomic mass is 9.79. The van der Waals surface area contributed by atoms with E-state index in [4.69, 9.17) is 9.47 Å². The van der Waals surface area contributed by atoms with Crippen LogP contribution >= 0.6 is 0 Å². The van der Waals surface area contributed by atoms with Crippen molar-refractivity contribution in [1.82, 2.24) is 4.90 Å². The number of aliphatic hydroxyl groups excluding tert-OH is 1. The van der Waals surface area contributed by atoms with Crippen LogP contribution in [0.25, 0.3) is 11.1 Å². The lowest BCUT2D eigenvalue weighted by Gasteiger charge is -2.28. The van der Waals surface area contributed by atoms with Crippen molar-refractivity contribution in [2.24, 2.45) is 0 Å². The van der Waals surface area contributed by atoms with E-state index in [1.165, 1.54) is 42.6 Å². The van der Waals surface area contributed by atoms with Gasteiger partial charge in [0.05, 0.1) is 7.11 Å². The molecule has 1 atom stereocenters. The Morgan fingerprint density at radius 2 is 1.62 bits per heavy atom. The molecule has 1 heterocycles. The lowest BCUT2D eigenvalue weighted by molar-refractivity contribution is 0.234. The molecule has 1 saturated heterocycles. The first-order valence-corrected chi connectivity index (χ1v) is 12.3. The summed E-state index contributed by atoms with van der Waals surface area (Å²) in [7, 11) is 1.69. The molecule has 2 aliphatic rings. The summed E-state index contributed by atoms with van der Waals surface area (Å²) in [6.07, 6.45) is 3.68. The van der Waals surface area contributed by atoms with Gasteiger partial charge in [-0.05, 0) is 96.4 Å². The van der Waals surface area contributed by atoms with Crippen LogP contribution in [0.15, 0.2) is 72.8 Å². The molecule has 3 aromatic carbocycles. The maximum atomic E-state index is 11.6. The molecular weight excluding hydrogens is 422 g/mol. The minimum absolute atomic E-state index is 0.695. The number of allylic oxidation sites excluding steroid dienone is 1. The zero-order chi connectivity index (χ0) is 23.3. The minimum Gasteiger partial charge on any atom is -0.497 e. The highest BCUT2D eigenvalue weighted by atomic mass is 16.5. The summed E-state index contributed by atoms with van der Waals surface area (Å²) in [5.74, 6) is 1.70. The summed E-state index contributed by atoms with van der Waals surface area (Å²) in [6, 6.07) is 24.5. The van der Waals surface area contributed by atoms with Crippen LogP contribution in [0.1, 0.15) is 47.6 Å². The maximum Gasteiger partial charge on any atom is 0.119 e. The number of likely N-dealkylation sites (tertiary alicyclic amines) is 1. The third-order valence-electron chi connectivity index (χ3n) is 7.04. The smallest absolute Gasteiger partial charge is 0.119 e. The largest absolute Gasteiger partial charge is 0.497 e. The molecule has 1 N–H and O–H groups in total. The SMILES string of the molecule is COc1ccc2c(c1)CCC(c1ccccc1)=C2C(O)c1ccc(OCCN2CCCC2)cc1. The molecule has 176 valence electrons. The topological polar surface area (TPSA) is 41.9 Å². The van der Waals surface area contributed by atoms with E-state index >= 15 is 0 Å². The Hall–Kier alpha value is -3.08. The molecule has 0 amide bonds. The Balaban J connectivity index is 1.41. The van der Waals surface area contributed by atoms with Crippen molar-refractivity contribution in [2.75, 3.05) is 33.4 Å². The Morgan fingerprint density at radius 3 is 2.35 bits per heavy atom. The molecule has 5 rings (SSSR count). The second kappa shape index (κ2) is 10.5. The first kappa shape index (κ1) is 22.7. The van der Waals surface area contributed by atoms with E-state index in [0.717, 1.165) is 47.6 Å². The predicted molar refractivity (Wildman–Crippen MR) is 137 cm³/mol. The highest BCUT2D eigenvalue weighted by Gasteiger charge is 2.26. The standard InChI is InChI=1S/C30H33NO3/c1-33-26-14-16-28-24(21-26)11-15-27(22-7-3-2-4-8-22)29(28)30(32)23-9-12-25(13-10-23)34-20-19-31-17-5-6-18-31/h2-4,7-10,12-14,16,21,30,32H,5-6,11,15,17-20H2,1H3. The molecule has 34 heavy (non-hydrogen) atoms. The fraction of sp³-hybridized carbons (Fsp3) is 0.333. The van der Waals surface area contributed by atoms with Gasteiger partial charge in [0.2, 0.25) is 0 Å². The first-order valence-electron chi connectivity index (χ1n) is 12.3. The van der Waals surface area contributed by atoms with Gasteiger partial charge in [-0.25, -0.2) is 0 Å². The second-order valence-electron chi connectivity index (χ2n) is 9.15. The van der Waals surface area contributed by atoms with E-state index < -0.39 is 6.10 Å². The molecule has 3 aromatic rings. The number of fused-ring (bicyclic) bond motifs is 1. The van der Waals surface area contributed by atoms with Crippen LogP contribution in [-0.4, -0.2) is 43.4 Å². The van der Waals surface area contributed by atoms with Gasteiger partial charge in [0.15, 0.2) is 0 Å². The highest BCUT2D eigenvalue weighted by Crippen LogP contribution is 2.44. The summed E-state index contributed by atoms with van der Waals surface area (Å²) in [4.78, 5) is 2.45. The molecule has 0 saturated carbocycles. The van der Waals surface area contributed by atoms with E-state index in [9.17, 15) is 5.11 Å². The van der Waals surface area contributed by atoms with Crippen molar-refractivity contribution in [3.8, 4) is 11.5 Å². The molecule has 1 unspecified atom stereocenters. The summed E-state index contributed by atoms with van der Waals surface area (Å²) in [5, 5.41) is 11.6. The molecule has 1 aliphatic heterocycles. The summed E-state index contributed by atoms with van der Waals surface area (Å²) in [6.45, 7) is 4.03. The molecule has 0 bridgehead atoms. The second-order valence-corrected chi connectivity index (χ2v) is 9.15. The molecule has 1 fully saturated rings. The van der Waals surface area contributed by atoms with Gasteiger partial charge in [0, 0.05) is 6.54 Å². The quantitative estimate of drug-likeness (QED) is 0.469. The molecule has 0 radical (unpaired) electrons. The monoisotopic (exact) mass is 455 g/mol. The first-order chi connectivity index (χ1) is 16.7. The number of hydrogen-bond donors (Lipinski definition) is 1. The molecular formula is C30H33NO3. The molecule has 1 aliphatic carbocycles. The Morgan fingerprint density at radius 1 is 0.882 bits per heavy atom. The zero-order valence-electron chi connectivity index (χ0n) is 19.9. The van der Waals surface area contributed by atoms with Crippen LogP contribution in [-0.2, 0) is 6.42 Å². The Bertz CT molecular complexity index is 1130. The Labute approximate surface area is 202 Å². The van der Waals surface area contributed by atoms with Gasteiger partial charge < -0.3 is 14.6 Å². The number of nitrogens with zero attached hydrogens (tertiary/aromatic N) is 1. The number of aryl methyl sites for hydroxylation is 1. The number of ether oxygens (including phenoxy) is 2. The maximum absolute atomic E-state index is 11.6. The van der Waals surface area contributed by atoms with Crippen LogP contribution in [0.3, 0.4) is 0 Å². The van der Waals surface area contributed by atoms with E-state index in [2.05, 4.69) is 41.3 Å². The third-order valence-corrected chi connectivity index (χ3v) is 7.04. The summed E-state index contributed by atoms with van der Waals surface area (Å²) in [5.41, 5.74) is 6.55. The van der Waals surface area contributed by atoms with Crippen LogP contribution in [0.5, 0.6) is 11.5 Å². The Kier molecular flexibility index (Phi) is 6.98. The van der Waals surface area contributed by atoms with Crippen LogP contribution in [0.2, 0.25) is 0 Å². The van der Waals surface area contributed by atoms with Crippen molar-refractivity contribution in [3.05, 3.63) is 95.1 Å². The van der Waals surface area contributed by atoms with Gasteiger partial charge >= 0.3 is 0 Å². The van der Waals surface area contributed by atoms with E-state index in [1.807, 2.05) is 36.4 Å².